The lowest BCUT2D eigenvalue weighted by atomic mass is 10.1. The van der Waals surface area contributed by atoms with Crippen molar-refractivity contribution in [2.45, 2.75) is 13.0 Å². The Bertz CT molecular complexity index is 560. The summed E-state index contributed by atoms with van der Waals surface area (Å²) in [6.07, 6.45) is 1.60. The van der Waals surface area contributed by atoms with Gasteiger partial charge < -0.3 is 10.5 Å². The molecule has 0 bridgehead atoms. The topological polar surface area (TPSA) is 48.1 Å². The third-order valence-corrected chi connectivity index (χ3v) is 2.69. The second-order valence-corrected chi connectivity index (χ2v) is 4.30. The minimum Gasteiger partial charge on any atom is -0.437 e. The second kappa shape index (κ2) is 5.33. The summed E-state index contributed by atoms with van der Waals surface area (Å²) >= 11 is 5.86. The normalized spacial score (nSPS) is 12.2. The highest BCUT2D eigenvalue weighted by Gasteiger charge is 2.07. The summed E-state index contributed by atoms with van der Waals surface area (Å²) < 4.78 is 18.4. The first-order valence-corrected chi connectivity index (χ1v) is 5.78. The molecule has 5 heteroatoms. The molecular formula is C13H12ClFN2O. The number of halogens is 2. The van der Waals surface area contributed by atoms with Gasteiger partial charge in [0.25, 0.3) is 0 Å². The van der Waals surface area contributed by atoms with Gasteiger partial charge in [-0.05, 0) is 36.8 Å². The summed E-state index contributed by atoms with van der Waals surface area (Å²) in [5.41, 5.74) is 6.67. The summed E-state index contributed by atoms with van der Waals surface area (Å²) in [7, 11) is 0. The van der Waals surface area contributed by atoms with Gasteiger partial charge in [-0.2, -0.15) is 0 Å². The van der Waals surface area contributed by atoms with Crippen LogP contribution in [0.1, 0.15) is 18.5 Å². The molecule has 0 aliphatic heterocycles. The van der Waals surface area contributed by atoms with E-state index in [-0.39, 0.29) is 11.1 Å². The maximum atomic E-state index is 12.9. The van der Waals surface area contributed by atoms with Gasteiger partial charge in [-0.15, -0.1) is 0 Å². The van der Waals surface area contributed by atoms with Crippen molar-refractivity contribution in [1.29, 1.82) is 0 Å². The predicted octanol–water partition coefficient (Wildman–Crippen LogP) is 3.69. The van der Waals surface area contributed by atoms with Crippen molar-refractivity contribution in [1.82, 2.24) is 4.98 Å². The zero-order chi connectivity index (χ0) is 13.1. The highest BCUT2D eigenvalue weighted by Crippen LogP contribution is 2.29. The van der Waals surface area contributed by atoms with Gasteiger partial charge in [-0.3, -0.25) is 0 Å². The molecule has 0 aliphatic carbocycles. The lowest BCUT2D eigenvalue weighted by Crippen LogP contribution is -2.05. The molecule has 2 aromatic rings. The molecule has 0 amide bonds. The van der Waals surface area contributed by atoms with Gasteiger partial charge in [-0.1, -0.05) is 11.6 Å². The molecule has 0 radical (unpaired) electrons. The van der Waals surface area contributed by atoms with E-state index < -0.39 is 5.82 Å². The van der Waals surface area contributed by atoms with Gasteiger partial charge in [0.05, 0.1) is 5.02 Å². The number of pyridine rings is 1. The van der Waals surface area contributed by atoms with Gasteiger partial charge >= 0.3 is 0 Å². The molecule has 0 unspecified atom stereocenters. The first-order valence-electron chi connectivity index (χ1n) is 5.40. The van der Waals surface area contributed by atoms with Crippen LogP contribution in [0.4, 0.5) is 4.39 Å². The van der Waals surface area contributed by atoms with E-state index in [1.807, 2.05) is 13.0 Å². The summed E-state index contributed by atoms with van der Waals surface area (Å²) in [5.74, 6) is 0.315. The summed E-state index contributed by atoms with van der Waals surface area (Å²) in [4.78, 5) is 4.05. The van der Waals surface area contributed by atoms with Crippen LogP contribution in [-0.2, 0) is 0 Å². The molecule has 2 N–H and O–H groups in total. The molecule has 1 aromatic heterocycles. The smallest absolute Gasteiger partial charge is 0.219 e. The first-order chi connectivity index (χ1) is 8.56. The van der Waals surface area contributed by atoms with Crippen LogP contribution in [0, 0.1) is 5.82 Å². The average Bonchev–Trinajstić information content (AvgIpc) is 2.33. The van der Waals surface area contributed by atoms with E-state index in [1.54, 1.807) is 12.3 Å². The maximum Gasteiger partial charge on any atom is 0.219 e. The maximum absolute atomic E-state index is 12.9. The lowest BCUT2D eigenvalue weighted by molar-refractivity contribution is 0.460. The van der Waals surface area contributed by atoms with E-state index in [0.717, 1.165) is 5.56 Å². The Morgan fingerprint density at radius 2 is 2.11 bits per heavy atom. The monoisotopic (exact) mass is 266 g/mol. The van der Waals surface area contributed by atoms with E-state index in [9.17, 15) is 4.39 Å². The van der Waals surface area contributed by atoms with E-state index >= 15 is 0 Å². The van der Waals surface area contributed by atoms with Crippen LogP contribution < -0.4 is 10.5 Å². The van der Waals surface area contributed by atoms with Gasteiger partial charge in [0.2, 0.25) is 5.88 Å². The number of hydrogen-bond acceptors (Lipinski definition) is 3. The molecule has 0 fully saturated rings. The van der Waals surface area contributed by atoms with Crippen LogP contribution in [0.25, 0.3) is 0 Å². The number of hydrogen-bond donors (Lipinski definition) is 1. The number of nitrogens with two attached hydrogens (primary N) is 1. The molecule has 3 nitrogen and oxygen atoms in total. The van der Waals surface area contributed by atoms with Gasteiger partial charge in [-0.25, -0.2) is 9.37 Å². The third-order valence-electron chi connectivity index (χ3n) is 2.39. The third kappa shape index (κ3) is 2.97. The molecule has 2 rings (SSSR count). The fraction of sp³-hybridized carbons (Fsp3) is 0.154. The van der Waals surface area contributed by atoms with Crippen molar-refractivity contribution in [3.8, 4) is 11.6 Å². The van der Waals surface area contributed by atoms with Gasteiger partial charge in [0.1, 0.15) is 11.6 Å². The Labute approximate surface area is 109 Å². The predicted molar refractivity (Wildman–Crippen MR) is 68.3 cm³/mol. The Kier molecular flexibility index (Phi) is 3.79. The molecule has 1 heterocycles. The number of ether oxygens (including phenoxy) is 1. The van der Waals surface area contributed by atoms with Crippen LogP contribution in [0.5, 0.6) is 11.6 Å². The van der Waals surface area contributed by atoms with E-state index in [4.69, 9.17) is 22.1 Å². The summed E-state index contributed by atoms with van der Waals surface area (Å²) in [5, 5.41) is 0.197. The largest absolute Gasteiger partial charge is 0.437 e. The fourth-order valence-corrected chi connectivity index (χ4v) is 1.64. The molecule has 18 heavy (non-hydrogen) atoms. The molecule has 1 aromatic carbocycles. The van der Waals surface area contributed by atoms with Crippen molar-refractivity contribution in [2.24, 2.45) is 5.73 Å². The van der Waals surface area contributed by atoms with Crippen LogP contribution in [0.15, 0.2) is 36.5 Å². The number of nitrogens with zero attached hydrogens (tertiary/aromatic N) is 1. The Morgan fingerprint density at radius 3 is 2.78 bits per heavy atom. The van der Waals surface area contributed by atoms with Crippen LogP contribution in [-0.4, -0.2) is 4.98 Å². The molecule has 0 spiro atoms. The Hall–Kier alpha value is -1.65. The minimum absolute atomic E-state index is 0.112. The molecule has 0 aliphatic rings. The average molecular weight is 267 g/mol. The fourth-order valence-electron chi connectivity index (χ4n) is 1.43. The number of benzene rings is 1. The van der Waals surface area contributed by atoms with Crippen molar-refractivity contribution in [3.63, 3.8) is 0 Å². The quantitative estimate of drug-likeness (QED) is 0.922. The number of rotatable bonds is 3. The van der Waals surface area contributed by atoms with Crippen molar-refractivity contribution in [3.05, 3.63) is 52.9 Å². The van der Waals surface area contributed by atoms with Crippen LogP contribution in [0.3, 0.4) is 0 Å². The van der Waals surface area contributed by atoms with Gasteiger partial charge in [0.15, 0.2) is 0 Å². The van der Waals surface area contributed by atoms with Crippen molar-refractivity contribution < 1.29 is 9.13 Å². The van der Waals surface area contributed by atoms with Gasteiger partial charge in [0, 0.05) is 18.3 Å². The molecule has 94 valence electrons. The standard InChI is InChI=1S/C13H12ClFN2O/c1-8(16)9-4-5-17-13(6-9)18-12-3-2-10(15)7-11(12)14/h2-8H,16H2,1H3/t8-/m1/s1. The Morgan fingerprint density at radius 1 is 1.33 bits per heavy atom. The zero-order valence-corrected chi connectivity index (χ0v) is 10.5. The molecule has 1 atom stereocenters. The number of aromatic nitrogens is 1. The Balaban J connectivity index is 2.25. The van der Waals surface area contributed by atoms with Crippen molar-refractivity contribution in [2.75, 3.05) is 0 Å². The van der Waals surface area contributed by atoms with E-state index in [0.29, 0.717) is 11.6 Å². The van der Waals surface area contributed by atoms with Crippen LogP contribution >= 0.6 is 11.6 Å². The lowest BCUT2D eigenvalue weighted by Gasteiger charge is -2.09. The van der Waals surface area contributed by atoms with Crippen molar-refractivity contribution >= 4 is 11.6 Å². The molecule has 0 saturated carbocycles. The van der Waals surface area contributed by atoms with Crippen LogP contribution in [0.2, 0.25) is 5.02 Å². The van der Waals surface area contributed by atoms with E-state index in [2.05, 4.69) is 4.98 Å². The highest BCUT2D eigenvalue weighted by atomic mass is 35.5. The molecule has 0 saturated heterocycles. The highest BCUT2D eigenvalue weighted by molar-refractivity contribution is 6.32. The van der Waals surface area contributed by atoms with E-state index in [1.165, 1.54) is 18.2 Å². The molecular weight excluding hydrogens is 255 g/mol. The summed E-state index contributed by atoms with van der Waals surface area (Å²) in [6.45, 7) is 1.87. The summed E-state index contributed by atoms with van der Waals surface area (Å²) in [6, 6.07) is 7.34. The minimum atomic E-state index is -0.412. The zero-order valence-electron chi connectivity index (χ0n) is 9.73. The first kappa shape index (κ1) is 12.8. The second-order valence-electron chi connectivity index (χ2n) is 3.89. The SMILES string of the molecule is C[C@@H](N)c1ccnc(Oc2ccc(F)cc2Cl)c1.